The summed E-state index contributed by atoms with van der Waals surface area (Å²) < 4.78 is 23.7. The van der Waals surface area contributed by atoms with Gasteiger partial charge in [0.25, 0.3) is 0 Å². The van der Waals surface area contributed by atoms with Crippen LogP contribution in [0, 0.1) is 0 Å². The molecule has 0 bridgehead atoms. The van der Waals surface area contributed by atoms with E-state index in [1.165, 1.54) is 44.9 Å². The van der Waals surface area contributed by atoms with Gasteiger partial charge < -0.3 is 0 Å². The lowest BCUT2D eigenvalue weighted by Crippen LogP contribution is -2.19. The monoisotopic (exact) mass is 258 g/mol. The molecule has 0 unspecified atom stereocenters. The third-order valence-corrected chi connectivity index (χ3v) is 5.61. The Hall–Kier alpha value is -0.310. The summed E-state index contributed by atoms with van der Waals surface area (Å²) in [5, 5.41) is 0.989. The van der Waals surface area contributed by atoms with Crippen LogP contribution in [0.15, 0.2) is 12.0 Å². The van der Waals surface area contributed by atoms with Crippen molar-refractivity contribution in [2.45, 2.75) is 75.9 Å². The Bertz CT molecular complexity index is 294. The molecule has 1 aliphatic carbocycles. The van der Waals surface area contributed by atoms with Crippen LogP contribution in [0.25, 0.3) is 0 Å². The maximum Gasteiger partial charge on any atom is 0.173 e. The number of sulfone groups is 1. The molecule has 1 aliphatic rings. The lowest BCUT2D eigenvalue weighted by atomic mass is 10.0. The number of hydrogen-bond donors (Lipinski definition) is 0. The highest BCUT2D eigenvalue weighted by molar-refractivity contribution is 7.94. The minimum atomic E-state index is -3.05. The summed E-state index contributed by atoms with van der Waals surface area (Å²) in [5.74, 6) is 0. The van der Waals surface area contributed by atoms with Gasteiger partial charge in [0, 0.05) is 5.41 Å². The van der Waals surface area contributed by atoms with Gasteiger partial charge in [0.1, 0.15) is 0 Å². The smallest absolute Gasteiger partial charge is 0.173 e. The second-order valence-electron chi connectivity index (χ2n) is 5.14. The normalized spacial score (nSPS) is 22.4. The molecule has 0 spiro atoms. The Morgan fingerprint density at radius 1 is 0.765 bits per heavy atom. The first-order valence-corrected chi connectivity index (χ1v) is 8.64. The molecule has 0 aromatic rings. The molecule has 1 fully saturated rings. The largest absolute Gasteiger partial charge is 0.224 e. The molecule has 0 saturated heterocycles. The molecule has 100 valence electrons. The molecular formula is C14H26O2S. The van der Waals surface area contributed by atoms with Crippen molar-refractivity contribution in [3.05, 3.63) is 12.0 Å². The highest BCUT2D eigenvalue weighted by Gasteiger charge is 2.21. The van der Waals surface area contributed by atoms with E-state index in [1.807, 2.05) is 0 Å². The highest BCUT2D eigenvalue weighted by Crippen LogP contribution is 2.22. The van der Waals surface area contributed by atoms with Crippen molar-refractivity contribution >= 4 is 9.84 Å². The van der Waals surface area contributed by atoms with E-state index in [2.05, 4.69) is 6.58 Å². The van der Waals surface area contributed by atoms with Gasteiger partial charge in [-0.2, -0.15) is 0 Å². The molecule has 0 heterocycles. The molecule has 2 nitrogen and oxygen atoms in total. The lowest BCUT2D eigenvalue weighted by Gasteiger charge is -2.16. The fraction of sp³-hybridized carbons (Fsp3) is 0.857. The molecule has 17 heavy (non-hydrogen) atoms. The van der Waals surface area contributed by atoms with E-state index in [-0.39, 0.29) is 5.25 Å². The molecule has 0 radical (unpaired) electrons. The first kappa shape index (κ1) is 14.7. The van der Waals surface area contributed by atoms with Crippen molar-refractivity contribution in [2.75, 3.05) is 0 Å². The van der Waals surface area contributed by atoms with Gasteiger partial charge in [-0.25, -0.2) is 8.42 Å². The van der Waals surface area contributed by atoms with Crippen LogP contribution in [0.4, 0.5) is 0 Å². The molecule has 0 atom stereocenters. The predicted molar refractivity (Wildman–Crippen MR) is 73.7 cm³/mol. The quantitative estimate of drug-likeness (QED) is 0.743. The standard InChI is InChI=1S/C14H26O2S/c1-2-17(15,16)14-12-10-8-6-4-3-5-7-9-11-13-14/h2,14H,1,3-13H2. The van der Waals surface area contributed by atoms with Crippen molar-refractivity contribution in [1.29, 1.82) is 0 Å². The third-order valence-electron chi connectivity index (χ3n) is 3.75. The Morgan fingerprint density at radius 3 is 1.47 bits per heavy atom. The van der Waals surface area contributed by atoms with Gasteiger partial charge in [-0.1, -0.05) is 64.4 Å². The Balaban J connectivity index is 2.51. The van der Waals surface area contributed by atoms with E-state index in [4.69, 9.17) is 0 Å². The zero-order valence-electron chi connectivity index (χ0n) is 10.9. The minimum Gasteiger partial charge on any atom is -0.224 e. The minimum absolute atomic E-state index is 0.167. The first-order chi connectivity index (χ1) is 8.17. The van der Waals surface area contributed by atoms with Crippen LogP contribution in [-0.2, 0) is 9.84 Å². The molecule has 0 aromatic heterocycles. The summed E-state index contributed by atoms with van der Waals surface area (Å²) in [6.07, 6.45) is 12.7. The van der Waals surface area contributed by atoms with Gasteiger partial charge in [0.15, 0.2) is 9.84 Å². The number of hydrogen-bond acceptors (Lipinski definition) is 2. The Morgan fingerprint density at radius 2 is 1.12 bits per heavy atom. The number of rotatable bonds is 2. The van der Waals surface area contributed by atoms with Gasteiger partial charge in [-0.05, 0) is 12.8 Å². The van der Waals surface area contributed by atoms with E-state index in [0.29, 0.717) is 0 Å². The maximum atomic E-state index is 11.9. The summed E-state index contributed by atoms with van der Waals surface area (Å²) in [4.78, 5) is 0. The zero-order chi connectivity index (χ0) is 12.6. The van der Waals surface area contributed by atoms with E-state index in [1.54, 1.807) is 0 Å². The highest BCUT2D eigenvalue weighted by atomic mass is 32.2. The molecule has 1 saturated carbocycles. The SMILES string of the molecule is C=CS(=O)(=O)C1CCCCCCCCCCC1. The maximum absolute atomic E-state index is 11.9. The van der Waals surface area contributed by atoms with E-state index < -0.39 is 9.84 Å². The first-order valence-electron chi connectivity index (χ1n) is 7.03. The van der Waals surface area contributed by atoms with Crippen molar-refractivity contribution in [3.8, 4) is 0 Å². The lowest BCUT2D eigenvalue weighted by molar-refractivity contribution is 0.494. The van der Waals surface area contributed by atoms with Crippen molar-refractivity contribution in [2.24, 2.45) is 0 Å². The van der Waals surface area contributed by atoms with Crippen LogP contribution in [0.5, 0.6) is 0 Å². The molecule has 1 rings (SSSR count). The second-order valence-corrected chi connectivity index (χ2v) is 7.32. The van der Waals surface area contributed by atoms with Crippen molar-refractivity contribution in [3.63, 3.8) is 0 Å². The van der Waals surface area contributed by atoms with Crippen molar-refractivity contribution in [1.82, 2.24) is 0 Å². The van der Waals surface area contributed by atoms with Crippen LogP contribution in [0.3, 0.4) is 0 Å². The average molecular weight is 258 g/mol. The summed E-state index contributed by atoms with van der Waals surface area (Å²) in [6.45, 7) is 3.45. The van der Waals surface area contributed by atoms with Gasteiger partial charge in [0.05, 0.1) is 5.25 Å². The molecular weight excluding hydrogens is 232 g/mol. The fourth-order valence-corrected chi connectivity index (χ4v) is 3.85. The van der Waals surface area contributed by atoms with Gasteiger partial charge in [-0.3, -0.25) is 0 Å². The van der Waals surface area contributed by atoms with E-state index >= 15 is 0 Å². The molecule has 0 aromatic carbocycles. The zero-order valence-corrected chi connectivity index (χ0v) is 11.7. The predicted octanol–water partition coefficient (Wildman–Crippen LogP) is 4.22. The fourth-order valence-electron chi connectivity index (χ4n) is 2.59. The van der Waals surface area contributed by atoms with Gasteiger partial charge in [0.2, 0.25) is 0 Å². The molecule has 3 heteroatoms. The summed E-state index contributed by atoms with van der Waals surface area (Å²) >= 11 is 0. The van der Waals surface area contributed by atoms with Crippen LogP contribution in [-0.4, -0.2) is 13.7 Å². The molecule has 0 amide bonds. The second kappa shape index (κ2) is 7.91. The van der Waals surface area contributed by atoms with E-state index in [9.17, 15) is 8.42 Å². The summed E-state index contributed by atoms with van der Waals surface area (Å²) in [6, 6.07) is 0. The Kier molecular flexibility index (Phi) is 6.86. The van der Waals surface area contributed by atoms with Crippen LogP contribution in [0.2, 0.25) is 0 Å². The van der Waals surface area contributed by atoms with Crippen LogP contribution in [0.1, 0.15) is 70.6 Å². The molecule has 0 N–H and O–H groups in total. The van der Waals surface area contributed by atoms with Gasteiger partial charge >= 0.3 is 0 Å². The topological polar surface area (TPSA) is 34.1 Å². The summed E-state index contributed by atoms with van der Waals surface area (Å²) in [5.41, 5.74) is 0. The third kappa shape index (κ3) is 5.71. The molecule has 0 aliphatic heterocycles. The van der Waals surface area contributed by atoms with Crippen LogP contribution >= 0.6 is 0 Å². The van der Waals surface area contributed by atoms with E-state index in [0.717, 1.165) is 31.1 Å². The van der Waals surface area contributed by atoms with Crippen molar-refractivity contribution < 1.29 is 8.42 Å². The Labute approximate surface area is 106 Å². The van der Waals surface area contributed by atoms with Crippen LogP contribution < -0.4 is 0 Å². The average Bonchev–Trinajstić information content (AvgIpc) is 2.29. The summed E-state index contributed by atoms with van der Waals surface area (Å²) in [7, 11) is -3.05. The van der Waals surface area contributed by atoms with Gasteiger partial charge in [-0.15, -0.1) is 0 Å².